The van der Waals surface area contributed by atoms with Gasteiger partial charge in [-0.25, -0.2) is 8.42 Å². The largest absolute Gasteiger partial charge is 0.497 e. The molecule has 2 fully saturated rings. The fourth-order valence-corrected chi connectivity index (χ4v) is 6.13. The Kier molecular flexibility index (Phi) is 5.73. The molecule has 1 N–H and O–H groups in total. The summed E-state index contributed by atoms with van der Waals surface area (Å²) >= 11 is 0. The number of aryl methyl sites for hydroxylation is 1. The van der Waals surface area contributed by atoms with E-state index >= 15 is 0 Å². The van der Waals surface area contributed by atoms with Crippen molar-refractivity contribution < 1.29 is 17.9 Å². The molecular formula is C23H28N2O4S. The zero-order valence-corrected chi connectivity index (χ0v) is 18.2. The van der Waals surface area contributed by atoms with Gasteiger partial charge >= 0.3 is 0 Å². The third kappa shape index (κ3) is 4.17. The summed E-state index contributed by atoms with van der Waals surface area (Å²) in [7, 11) is -2.34. The van der Waals surface area contributed by atoms with E-state index in [9.17, 15) is 13.2 Å². The molecule has 0 radical (unpaired) electrons. The summed E-state index contributed by atoms with van der Waals surface area (Å²) in [5.74, 6) is 1.59. The van der Waals surface area contributed by atoms with Gasteiger partial charge in [0, 0.05) is 6.04 Å². The van der Waals surface area contributed by atoms with Gasteiger partial charge in [0.1, 0.15) is 12.3 Å². The van der Waals surface area contributed by atoms with Gasteiger partial charge in [0.25, 0.3) is 10.0 Å². The quantitative estimate of drug-likeness (QED) is 0.732. The van der Waals surface area contributed by atoms with Crippen LogP contribution in [-0.2, 0) is 14.8 Å². The zero-order valence-electron chi connectivity index (χ0n) is 17.4. The van der Waals surface area contributed by atoms with E-state index in [4.69, 9.17) is 4.74 Å². The molecule has 2 aromatic carbocycles. The van der Waals surface area contributed by atoms with E-state index in [0.717, 1.165) is 18.4 Å². The number of ether oxygens (including phenoxy) is 1. The van der Waals surface area contributed by atoms with Crippen LogP contribution in [0.4, 0.5) is 5.69 Å². The molecule has 0 saturated heterocycles. The molecule has 30 heavy (non-hydrogen) atoms. The highest BCUT2D eigenvalue weighted by Gasteiger charge is 2.40. The molecule has 2 aromatic rings. The minimum absolute atomic E-state index is 0.163. The number of rotatable bonds is 7. The number of nitrogens with zero attached hydrogens (tertiary/aromatic N) is 1. The second-order valence-corrected chi connectivity index (χ2v) is 10.2. The first-order chi connectivity index (χ1) is 14.4. The summed E-state index contributed by atoms with van der Waals surface area (Å²) in [6, 6.07) is 13.6. The van der Waals surface area contributed by atoms with Crippen LogP contribution < -0.4 is 14.4 Å². The molecular weight excluding hydrogens is 400 g/mol. The summed E-state index contributed by atoms with van der Waals surface area (Å²) in [4.78, 5) is 13.0. The van der Waals surface area contributed by atoms with Gasteiger partial charge in [0.15, 0.2) is 0 Å². The van der Waals surface area contributed by atoms with Gasteiger partial charge in [0.05, 0.1) is 17.7 Å². The maximum Gasteiger partial charge on any atom is 0.264 e. The average molecular weight is 429 g/mol. The number of carbonyl (C=O) groups excluding carboxylic acids is 1. The summed E-state index contributed by atoms with van der Waals surface area (Å²) in [5.41, 5.74) is 1.40. The minimum Gasteiger partial charge on any atom is -0.497 e. The molecule has 2 bridgehead atoms. The lowest BCUT2D eigenvalue weighted by molar-refractivity contribution is -0.120. The maximum absolute atomic E-state index is 13.4. The number of hydrogen-bond donors (Lipinski definition) is 1. The molecule has 4 rings (SSSR count). The molecule has 6 nitrogen and oxygen atoms in total. The number of sulfonamides is 1. The molecule has 0 aromatic heterocycles. The van der Waals surface area contributed by atoms with Crippen LogP contribution in [0.3, 0.4) is 0 Å². The standard InChI is InChI=1S/C23H28N2O4S/c1-16-3-11-21(12-4-16)30(27,28)25(19-7-9-20(29-2)10-8-19)15-23(26)24-22-14-17-5-6-18(22)13-17/h3-4,7-12,17-18,22H,5-6,13-15H2,1-2H3,(H,24,26)/t17-,18-,22-/m1/s1. The van der Waals surface area contributed by atoms with Crippen molar-refractivity contribution in [2.24, 2.45) is 11.8 Å². The fourth-order valence-electron chi connectivity index (χ4n) is 4.71. The van der Waals surface area contributed by atoms with Gasteiger partial charge in [-0.15, -0.1) is 0 Å². The molecule has 0 heterocycles. The third-order valence-electron chi connectivity index (χ3n) is 6.34. The molecule has 0 aliphatic heterocycles. The molecule has 2 aliphatic carbocycles. The van der Waals surface area contributed by atoms with Crippen LogP contribution in [-0.4, -0.2) is 34.0 Å². The van der Waals surface area contributed by atoms with Crippen molar-refractivity contribution in [1.29, 1.82) is 0 Å². The van der Waals surface area contributed by atoms with Crippen LogP contribution in [0.1, 0.15) is 31.2 Å². The lowest BCUT2D eigenvalue weighted by Crippen LogP contribution is -2.45. The van der Waals surface area contributed by atoms with Crippen molar-refractivity contribution in [3.8, 4) is 5.75 Å². The van der Waals surface area contributed by atoms with E-state index in [1.807, 2.05) is 6.92 Å². The topological polar surface area (TPSA) is 75.7 Å². The van der Waals surface area contributed by atoms with Gasteiger partial charge in [-0.3, -0.25) is 9.10 Å². The zero-order chi connectivity index (χ0) is 21.3. The Balaban J connectivity index is 1.59. The van der Waals surface area contributed by atoms with E-state index in [-0.39, 0.29) is 23.4 Å². The number of methoxy groups -OCH3 is 1. The predicted molar refractivity (Wildman–Crippen MR) is 116 cm³/mol. The highest BCUT2D eigenvalue weighted by atomic mass is 32.2. The number of fused-ring (bicyclic) bond motifs is 2. The van der Waals surface area contributed by atoms with Crippen LogP contribution in [0.5, 0.6) is 5.75 Å². The smallest absolute Gasteiger partial charge is 0.264 e. The number of carbonyl (C=O) groups is 1. The van der Waals surface area contributed by atoms with Crippen LogP contribution >= 0.6 is 0 Å². The lowest BCUT2D eigenvalue weighted by Gasteiger charge is -2.27. The van der Waals surface area contributed by atoms with Crippen molar-refractivity contribution in [3.63, 3.8) is 0 Å². The first-order valence-electron chi connectivity index (χ1n) is 10.4. The first kappa shape index (κ1) is 20.7. The minimum atomic E-state index is -3.90. The molecule has 0 spiro atoms. The Morgan fingerprint density at radius 3 is 2.33 bits per heavy atom. The number of benzene rings is 2. The van der Waals surface area contributed by atoms with Crippen molar-refractivity contribution >= 4 is 21.6 Å². The number of anilines is 1. The second-order valence-electron chi connectivity index (χ2n) is 8.37. The summed E-state index contributed by atoms with van der Waals surface area (Å²) in [6.07, 6.45) is 4.58. The number of hydrogen-bond acceptors (Lipinski definition) is 4. The average Bonchev–Trinajstić information content (AvgIpc) is 3.35. The molecule has 1 amide bonds. The molecule has 3 atom stereocenters. The Morgan fingerprint density at radius 1 is 1.07 bits per heavy atom. The molecule has 160 valence electrons. The fraction of sp³-hybridized carbons (Fsp3) is 0.435. The van der Waals surface area contributed by atoms with Gasteiger partial charge in [-0.2, -0.15) is 0 Å². The highest BCUT2D eigenvalue weighted by molar-refractivity contribution is 7.92. The monoisotopic (exact) mass is 428 g/mol. The molecule has 0 unspecified atom stereocenters. The molecule has 2 saturated carbocycles. The van der Waals surface area contributed by atoms with Crippen molar-refractivity contribution in [3.05, 3.63) is 54.1 Å². The van der Waals surface area contributed by atoms with E-state index in [1.54, 1.807) is 55.6 Å². The Morgan fingerprint density at radius 2 is 1.77 bits per heavy atom. The summed E-state index contributed by atoms with van der Waals surface area (Å²) in [6.45, 7) is 1.65. The lowest BCUT2D eigenvalue weighted by atomic mass is 9.95. The second kappa shape index (κ2) is 8.30. The van der Waals surface area contributed by atoms with E-state index in [2.05, 4.69) is 5.32 Å². The van der Waals surface area contributed by atoms with Gasteiger partial charge in [0.2, 0.25) is 5.91 Å². The summed E-state index contributed by atoms with van der Waals surface area (Å²) in [5, 5.41) is 3.10. The van der Waals surface area contributed by atoms with Gasteiger partial charge < -0.3 is 10.1 Å². The van der Waals surface area contributed by atoms with Crippen LogP contribution in [0.2, 0.25) is 0 Å². The van der Waals surface area contributed by atoms with Crippen LogP contribution in [0, 0.1) is 18.8 Å². The number of nitrogens with one attached hydrogen (secondary N) is 1. The molecule has 7 heteroatoms. The van der Waals surface area contributed by atoms with Crippen molar-refractivity contribution in [2.45, 2.75) is 43.5 Å². The maximum atomic E-state index is 13.4. The van der Waals surface area contributed by atoms with Crippen LogP contribution in [0.25, 0.3) is 0 Å². The molecule has 2 aliphatic rings. The summed E-state index contributed by atoms with van der Waals surface area (Å²) < 4.78 is 33.2. The van der Waals surface area contributed by atoms with Crippen LogP contribution in [0.15, 0.2) is 53.4 Å². The third-order valence-corrected chi connectivity index (χ3v) is 8.13. The van der Waals surface area contributed by atoms with Gasteiger partial charge in [-0.05, 0) is 74.4 Å². The Hall–Kier alpha value is -2.54. The van der Waals surface area contributed by atoms with E-state index in [1.165, 1.54) is 17.1 Å². The number of amides is 1. The Labute approximate surface area is 178 Å². The Bertz CT molecular complexity index is 1000. The van der Waals surface area contributed by atoms with E-state index < -0.39 is 10.0 Å². The van der Waals surface area contributed by atoms with E-state index in [0.29, 0.717) is 23.3 Å². The predicted octanol–water partition coefficient (Wildman–Crippen LogP) is 3.50. The van der Waals surface area contributed by atoms with Crippen molar-refractivity contribution in [1.82, 2.24) is 5.32 Å². The first-order valence-corrected chi connectivity index (χ1v) is 11.8. The SMILES string of the molecule is COc1ccc(N(CC(=O)N[C@@H]2C[C@@H]3CC[C@@H]2C3)S(=O)(=O)c2ccc(C)cc2)cc1. The van der Waals surface area contributed by atoms with Gasteiger partial charge in [-0.1, -0.05) is 24.1 Å². The normalized spacial score (nSPS) is 22.7. The van der Waals surface area contributed by atoms with Crippen molar-refractivity contribution in [2.75, 3.05) is 18.0 Å². The highest BCUT2D eigenvalue weighted by Crippen LogP contribution is 2.44.